The van der Waals surface area contributed by atoms with Gasteiger partial charge < -0.3 is 5.32 Å². The van der Waals surface area contributed by atoms with Gasteiger partial charge in [0.1, 0.15) is 5.82 Å². The van der Waals surface area contributed by atoms with Crippen molar-refractivity contribution in [1.82, 2.24) is 10.3 Å². The van der Waals surface area contributed by atoms with Gasteiger partial charge in [0.2, 0.25) is 0 Å². The molecule has 3 rings (SSSR count). The Bertz CT molecular complexity index is 706. The van der Waals surface area contributed by atoms with E-state index in [1.165, 1.54) is 24.3 Å². The topological polar surface area (TPSA) is 24.9 Å². The van der Waals surface area contributed by atoms with Gasteiger partial charge in [-0.15, -0.1) is 0 Å². The molecule has 1 aromatic heterocycles. The van der Waals surface area contributed by atoms with E-state index < -0.39 is 17.6 Å². The van der Waals surface area contributed by atoms with Crippen molar-refractivity contribution in [2.24, 2.45) is 5.92 Å². The Morgan fingerprint density at radius 2 is 1.79 bits per heavy atom. The summed E-state index contributed by atoms with van der Waals surface area (Å²) in [5.41, 5.74) is 0.425. The van der Waals surface area contributed by atoms with E-state index >= 15 is 0 Å². The lowest BCUT2D eigenvalue weighted by molar-refractivity contribution is -0.137. The van der Waals surface area contributed by atoms with E-state index in [2.05, 4.69) is 17.2 Å². The molecular weight excluding hydrogens is 320 g/mol. The largest absolute Gasteiger partial charge is 0.416 e. The Hall–Kier alpha value is -1.95. The fraction of sp³-hybridized carbons (Fsp3) is 0.278. The van der Waals surface area contributed by atoms with E-state index in [-0.39, 0.29) is 12.2 Å². The zero-order valence-corrected chi connectivity index (χ0v) is 12.8. The average molecular weight is 336 g/mol. The van der Waals surface area contributed by atoms with Crippen LogP contribution in [-0.4, -0.2) is 4.98 Å². The molecule has 1 aromatic carbocycles. The first-order valence-corrected chi connectivity index (χ1v) is 7.60. The van der Waals surface area contributed by atoms with E-state index in [0.29, 0.717) is 17.2 Å². The minimum Gasteiger partial charge on any atom is -0.303 e. The maximum Gasteiger partial charge on any atom is 0.416 e. The van der Waals surface area contributed by atoms with E-state index in [4.69, 9.17) is 0 Å². The van der Waals surface area contributed by atoms with Crippen LogP contribution in [-0.2, 0) is 12.7 Å². The minimum absolute atomic E-state index is 0.204. The van der Waals surface area contributed by atoms with E-state index in [9.17, 15) is 17.6 Å². The first-order chi connectivity index (χ1) is 11.3. The molecule has 2 nitrogen and oxygen atoms in total. The second kappa shape index (κ2) is 6.51. The van der Waals surface area contributed by atoms with Gasteiger partial charge in [-0.3, -0.25) is 0 Å². The van der Waals surface area contributed by atoms with Gasteiger partial charge >= 0.3 is 6.18 Å². The van der Waals surface area contributed by atoms with Crippen molar-refractivity contribution in [3.63, 3.8) is 0 Å². The lowest BCUT2D eigenvalue weighted by atomic mass is 10.1. The third kappa shape index (κ3) is 3.93. The Morgan fingerprint density at radius 3 is 2.38 bits per heavy atom. The molecule has 0 unspecified atom stereocenters. The summed E-state index contributed by atoms with van der Waals surface area (Å²) >= 11 is 0. The molecule has 0 spiro atoms. The van der Waals surface area contributed by atoms with E-state index in [1.54, 1.807) is 0 Å². The molecule has 1 N–H and O–H groups in total. The fourth-order valence-corrected chi connectivity index (χ4v) is 2.37. The normalized spacial score (nSPS) is 15.1. The van der Waals surface area contributed by atoms with Crippen LogP contribution >= 0.6 is 0 Å². The summed E-state index contributed by atoms with van der Waals surface area (Å²) in [5, 5.41) is 3.06. The molecule has 1 aliphatic rings. The predicted octanol–water partition coefficient (Wildman–Crippen LogP) is 4.77. The number of hydrogen-bond acceptors (Lipinski definition) is 2. The van der Waals surface area contributed by atoms with E-state index in [1.807, 2.05) is 0 Å². The number of pyridine rings is 1. The van der Waals surface area contributed by atoms with Crippen LogP contribution in [0.3, 0.4) is 0 Å². The van der Waals surface area contributed by atoms with Gasteiger partial charge in [-0.2, -0.15) is 13.2 Å². The number of nitrogens with one attached hydrogen (secondary N) is 1. The molecule has 126 valence electrons. The molecule has 0 atom stereocenters. The standard InChI is InChI=1S/C18H16F4N2/c1-11(12-2-3-12)23-10-17-15(19)8-9-16(24-17)13-4-6-14(7-5-13)18(20,21)22/h4-9,12,23H,1-3,10H2. The zero-order valence-electron chi connectivity index (χ0n) is 12.8. The molecule has 2 aromatic rings. The molecule has 1 aliphatic carbocycles. The second-order valence-electron chi connectivity index (χ2n) is 5.85. The number of nitrogens with zero attached hydrogens (tertiary/aromatic N) is 1. The monoisotopic (exact) mass is 336 g/mol. The molecule has 2 radical (unpaired) electrons. The molecule has 0 aliphatic heterocycles. The van der Waals surface area contributed by atoms with Crippen molar-refractivity contribution in [3.8, 4) is 11.3 Å². The number of halogens is 4. The molecule has 6 heteroatoms. The number of rotatable bonds is 5. The van der Waals surface area contributed by atoms with Crippen molar-refractivity contribution in [2.45, 2.75) is 25.6 Å². The van der Waals surface area contributed by atoms with Crippen LogP contribution in [0, 0.1) is 24.7 Å². The maximum atomic E-state index is 13.9. The van der Waals surface area contributed by atoms with Gasteiger partial charge in [0, 0.05) is 18.2 Å². The highest BCUT2D eigenvalue weighted by atomic mass is 19.4. The van der Waals surface area contributed by atoms with Crippen LogP contribution < -0.4 is 5.32 Å². The molecule has 24 heavy (non-hydrogen) atoms. The van der Waals surface area contributed by atoms with Crippen molar-refractivity contribution < 1.29 is 17.6 Å². The summed E-state index contributed by atoms with van der Waals surface area (Å²) in [6, 6.07) is 8.26. The van der Waals surface area contributed by atoms with Gasteiger partial charge in [-0.05, 0) is 49.9 Å². The van der Waals surface area contributed by atoms with Crippen LogP contribution in [0.25, 0.3) is 11.3 Å². The van der Waals surface area contributed by atoms with Crippen LogP contribution in [0.2, 0.25) is 0 Å². The lowest BCUT2D eigenvalue weighted by Crippen LogP contribution is -2.21. The number of alkyl halides is 3. The summed E-state index contributed by atoms with van der Waals surface area (Å²) in [6.07, 6.45) is -2.20. The van der Waals surface area contributed by atoms with Crippen LogP contribution in [0.1, 0.15) is 24.1 Å². The molecule has 1 heterocycles. The van der Waals surface area contributed by atoms with Crippen molar-refractivity contribution >= 4 is 0 Å². The van der Waals surface area contributed by atoms with Crippen LogP contribution in [0.4, 0.5) is 17.6 Å². The molecule has 0 amide bonds. The fourth-order valence-electron chi connectivity index (χ4n) is 2.37. The molecular formula is C18H16F4N2. The second-order valence-corrected chi connectivity index (χ2v) is 5.85. The Balaban J connectivity index is 1.77. The van der Waals surface area contributed by atoms with Crippen molar-refractivity contribution in [2.75, 3.05) is 0 Å². The summed E-state index contributed by atoms with van der Waals surface area (Å²) in [7, 11) is 0. The highest BCUT2D eigenvalue weighted by molar-refractivity contribution is 5.59. The lowest BCUT2D eigenvalue weighted by Gasteiger charge is -2.12. The smallest absolute Gasteiger partial charge is 0.303 e. The van der Waals surface area contributed by atoms with Gasteiger partial charge in [0.05, 0.1) is 17.0 Å². The van der Waals surface area contributed by atoms with Gasteiger partial charge in [-0.1, -0.05) is 12.1 Å². The Morgan fingerprint density at radius 1 is 1.12 bits per heavy atom. The zero-order chi connectivity index (χ0) is 17.3. The van der Waals surface area contributed by atoms with Gasteiger partial charge in [0.15, 0.2) is 0 Å². The quantitative estimate of drug-likeness (QED) is 0.796. The van der Waals surface area contributed by atoms with Gasteiger partial charge in [0.25, 0.3) is 0 Å². The average Bonchev–Trinajstić information content (AvgIpc) is 3.38. The van der Waals surface area contributed by atoms with Crippen LogP contribution in [0.5, 0.6) is 0 Å². The summed E-state index contributed by atoms with van der Waals surface area (Å²) in [6.45, 7) is 4.11. The number of hydrogen-bond donors (Lipinski definition) is 1. The number of benzene rings is 1. The number of aromatic nitrogens is 1. The van der Waals surface area contributed by atoms with Crippen molar-refractivity contribution in [1.29, 1.82) is 0 Å². The third-order valence-corrected chi connectivity index (χ3v) is 3.98. The Kier molecular flexibility index (Phi) is 4.58. The van der Waals surface area contributed by atoms with Crippen molar-refractivity contribution in [3.05, 3.63) is 66.4 Å². The minimum atomic E-state index is -4.38. The highest BCUT2D eigenvalue weighted by Crippen LogP contribution is 2.36. The molecule has 0 saturated heterocycles. The predicted molar refractivity (Wildman–Crippen MR) is 82.8 cm³/mol. The molecule has 1 fully saturated rings. The first-order valence-electron chi connectivity index (χ1n) is 7.60. The van der Waals surface area contributed by atoms with Gasteiger partial charge in [-0.25, -0.2) is 9.37 Å². The van der Waals surface area contributed by atoms with E-state index in [0.717, 1.165) is 31.0 Å². The summed E-state index contributed by atoms with van der Waals surface area (Å²) < 4.78 is 51.7. The Labute approximate surface area is 137 Å². The summed E-state index contributed by atoms with van der Waals surface area (Å²) in [4.78, 5) is 4.23. The SMILES string of the molecule is [CH2][C](NCc1nc(-c2ccc(C(F)(F)F)cc2)ccc1F)C1CC1. The summed E-state index contributed by atoms with van der Waals surface area (Å²) in [5.74, 6) is -0.00656. The first kappa shape index (κ1) is 16.9. The van der Waals surface area contributed by atoms with Crippen LogP contribution in [0.15, 0.2) is 36.4 Å². The third-order valence-electron chi connectivity index (χ3n) is 3.98. The highest BCUT2D eigenvalue weighted by Gasteiger charge is 2.30. The molecule has 0 bridgehead atoms. The maximum absolute atomic E-state index is 13.9. The molecule has 1 saturated carbocycles.